The molecule has 4 nitrogen and oxygen atoms in total. The van der Waals surface area contributed by atoms with Crippen LogP contribution in [0.2, 0.25) is 0 Å². The van der Waals surface area contributed by atoms with Crippen LogP contribution in [0.5, 0.6) is 0 Å². The first-order chi connectivity index (χ1) is 11.0. The maximum atomic E-state index is 12.5. The standard InChI is InChI=1S/C17H15BrN2O2S/c1-10-9-12(7-8-14(10)18)19-16(21)11(2)20-17(22)13-5-3-4-6-15(13)23-20/h3-9,11H,1-2H3,(H,19,21). The molecule has 1 N–H and O–H groups in total. The molecule has 0 saturated heterocycles. The molecular formula is C17H15BrN2O2S. The molecule has 0 bridgehead atoms. The molecule has 2 aromatic carbocycles. The highest BCUT2D eigenvalue weighted by molar-refractivity contribution is 9.10. The van der Waals surface area contributed by atoms with Crippen LogP contribution in [-0.2, 0) is 4.79 Å². The Morgan fingerprint density at radius 2 is 2.00 bits per heavy atom. The third-order valence-corrected chi connectivity index (χ3v) is 5.79. The van der Waals surface area contributed by atoms with E-state index in [1.807, 2.05) is 43.3 Å². The van der Waals surface area contributed by atoms with Crippen LogP contribution in [-0.4, -0.2) is 9.86 Å². The van der Waals surface area contributed by atoms with E-state index >= 15 is 0 Å². The van der Waals surface area contributed by atoms with Gasteiger partial charge in [0.05, 0.1) is 10.1 Å². The van der Waals surface area contributed by atoms with Gasteiger partial charge in [-0.3, -0.25) is 13.5 Å². The van der Waals surface area contributed by atoms with Crippen LogP contribution in [0.3, 0.4) is 0 Å². The van der Waals surface area contributed by atoms with Gasteiger partial charge in [0.15, 0.2) is 0 Å². The van der Waals surface area contributed by atoms with Crippen LogP contribution in [0, 0.1) is 6.92 Å². The lowest BCUT2D eigenvalue weighted by atomic mass is 10.2. The second-order valence-electron chi connectivity index (χ2n) is 5.35. The maximum absolute atomic E-state index is 12.5. The number of amides is 1. The van der Waals surface area contributed by atoms with Crippen molar-refractivity contribution in [2.75, 3.05) is 5.32 Å². The summed E-state index contributed by atoms with van der Waals surface area (Å²) in [6.07, 6.45) is 0. The zero-order chi connectivity index (χ0) is 16.6. The van der Waals surface area contributed by atoms with Crippen molar-refractivity contribution in [2.45, 2.75) is 19.9 Å². The van der Waals surface area contributed by atoms with Gasteiger partial charge in [-0.2, -0.15) is 0 Å². The molecule has 1 atom stereocenters. The van der Waals surface area contributed by atoms with Crippen LogP contribution < -0.4 is 10.9 Å². The molecule has 0 aliphatic heterocycles. The lowest BCUT2D eigenvalue weighted by Crippen LogP contribution is -2.28. The van der Waals surface area contributed by atoms with Gasteiger partial charge in [0.25, 0.3) is 5.56 Å². The van der Waals surface area contributed by atoms with Crippen LogP contribution in [0.4, 0.5) is 5.69 Å². The quantitative estimate of drug-likeness (QED) is 0.723. The molecule has 0 spiro atoms. The number of nitrogens with zero attached hydrogens (tertiary/aromatic N) is 1. The Kier molecular flexibility index (Phi) is 4.37. The van der Waals surface area contributed by atoms with E-state index in [9.17, 15) is 9.59 Å². The normalized spacial score (nSPS) is 12.3. The Bertz CT molecular complexity index is 945. The van der Waals surface area contributed by atoms with Crippen LogP contribution in [0.1, 0.15) is 18.5 Å². The number of benzene rings is 2. The van der Waals surface area contributed by atoms with Gasteiger partial charge in [-0.1, -0.05) is 39.6 Å². The summed E-state index contributed by atoms with van der Waals surface area (Å²) < 4.78 is 3.40. The fraction of sp³-hybridized carbons (Fsp3) is 0.176. The number of carbonyl (C=O) groups is 1. The molecule has 0 radical (unpaired) electrons. The number of halogens is 1. The van der Waals surface area contributed by atoms with Gasteiger partial charge >= 0.3 is 0 Å². The number of nitrogens with one attached hydrogen (secondary N) is 1. The maximum Gasteiger partial charge on any atom is 0.269 e. The molecule has 23 heavy (non-hydrogen) atoms. The molecule has 0 aliphatic carbocycles. The molecule has 3 aromatic rings. The first-order valence-corrected chi connectivity index (χ1v) is 8.71. The molecule has 0 fully saturated rings. The summed E-state index contributed by atoms with van der Waals surface area (Å²) in [6.45, 7) is 3.69. The highest BCUT2D eigenvalue weighted by atomic mass is 79.9. The van der Waals surface area contributed by atoms with Gasteiger partial charge in [0.1, 0.15) is 6.04 Å². The topological polar surface area (TPSA) is 51.1 Å². The van der Waals surface area contributed by atoms with Gasteiger partial charge in [-0.25, -0.2) is 0 Å². The van der Waals surface area contributed by atoms with Crippen molar-refractivity contribution in [3.05, 3.63) is 62.9 Å². The average molecular weight is 391 g/mol. The Morgan fingerprint density at radius 3 is 2.70 bits per heavy atom. The summed E-state index contributed by atoms with van der Waals surface area (Å²) in [7, 11) is 0. The smallest absolute Gasteiger partial charge is 0.269 e. The number of rotatable bonds is 3. The molecule has 6 heteroatoms. The Labute approximate surface area is 146 Å². The number of aryl methyl sites for hydroxylation is 1. The van der Waals surface area contributed by atoms with Crippen LogP contribution in [0.25, 0.3) is 10.1 Å². The van der Waals surface area contributed by atoms with E-state index < -0.39 is 6.04 Å². The van der Waals surface area contributed by atoms with Gasteiger partial charge in [0.2, 0.25) is 5.91 Å². The Balaban J connectivity index is 1.87. The van der Waals surface area contributed by atoms with Gasteiger partial charge < -0.3 is 5.32 Å². The predicted molar refractivity (Wildman–Crippen MR) is 98.3 cm³/mol. The van der Waals surface area contributed by atoms with E-state index in [1.165, 1.54) is 15.5 Å². The second-order valence-corrected chi connectivity index (χ2v) is 7.22. The minimum absolute atomic E-state index is 0.125. The van der Waals surface area contributed by atoms with Crippen molar-refractivity contribution >= 4 is 49.1 Å². The summed E-state index contributed by atoms with van der Waals surface area (Å²) in [5, 5.41) is 3.52. The van der Waals surface area contributed by atoms with Gasteiger partial charge in [0, 0.05) is 10.2 Å². The lowest BCUT2D eigenvalue weighted by molar-refractivity contribution is -0.118. The third-order valence-electron chi connectivity index (χ3n) is 3.67. The average Bonchev–Trinajstić information content (AvgIpc) is 2.87. The van der Waals surface area contributed by atoms with Crippen molar-refractivity contribution in [2.24, 2.45) is 0 Å². The van der Waals surface area contributed by atoms with E-state index in [0.717, 1.165) is 20.4 Å². The molecule has 0 saturated carbocycles. The minimum atomic E-state index is -0.566. The number of carbonyl (C=O) groups excluding carboxylic acids is 1. The monoisotopic (exact) mass is 390 g/mol. The zero-order valence-electron chi connectivity index (χ0n) is 12.7. The lowest BCUT2D eigenvalue weighted by Gasteiger charge is -2.13. The van der Waals surface area contributed by atoms with E-state index in [-0.39, 0.29) is 11.5 Å². The van der Waals surface area contributed by atoms with Crippen molar-refractivity contribution < 1.29 is 4.79 Å². The summed E-state index contributed by atoms with van der Waals surface area (Å²) in [6, 6.07) is 12.4. The van der Waals surface area contributed by atoms with Crippen molar-refractivity contribution in [3.8, 4) is 0 Å². The highest BCUT2D eigenvalue weighted by Crippen LogP contribution is 2.23. The number of hydrogen-bond acceptors (Lipinski definition) is 3. The van der Waals surface area contributed by atoms with E-state index in [1.54, 1.807) is 13.0 Å². The molecule has 3 rings (SSSR count). The number of fused-ring (bicyclic) bond motifs is 1. The van der Waals surface area contributed by atoms with E-state index in [2.05, 4.69) is 21.2 Å². The molecular weight excluding hydrogens is 376 g/mol. The summed E-state index contributed by atoms with van der Waals surface area (Å²) >= 11 is 4.75. The Morgan fingerprint density at radius 1 is 1.26 bits per heavy atom. The van der Waals surface area contributed by atoms with Crippen molar-refractivity contribution in [1.82, 2.24) is 3.96 Å². The zero-order valence-corrected chi connectivity index (χ0v) is 15.1. The molecule has 1 amide bonds. The van der Waals surface area contributed by atoms with Crippen molar-refractivity contribution in [3.63, 3.8) is 0 Å². The Hall–Kier alpha value is -1.92. The fourth-order valence-electron chi connectivity index (χ4n) is 2.32. The summed E-state index contributed by atoms with van der Waals surface area (Å²) in [4.78, 5) is 24.9. The molecule has 118 valence electrons. The van der Waals surface area contributed by atoms with Crippen molar-refractivity contribution in [1.29, 1.82) is 0 Å². The third kappa shape index (κ3) is 3.09. The fourth-order valence-corrected chi connectivity index (χ4v) is 3.61. The molecule has 0 aliphatic rings. The van der Waals surface area contributed by atoms with Crippen LogP contribution in [0.15, 0.2) is 51.7 Å². The first-order valence-electron chi connectivity index (χ1n) is 7.15. The minimum Gasteiger partial charge on any atom is -0.324 e. The van der Waals surface area contributed by atoms with Gasteiger partial charge in [-0.05, 0) is 49.7 Å². The molecule has 1 unspecified atom stereocenters. The van der Waals surface area contributed by atoms with Gasteiger partial charge in [-0.15, -0.1) is 0 Å². The predicted octanol–water partition coefficient (Wildman–Crippen LogP) is 4.33. The van der Waals surface area contributed by atoms with Crippen LogP contribution >= 0.6 is 27.5 Å². The SMILES string of the molecule is Cc1cc(NC(=O)C(C)n2sc3ccccc3c2=O)ccc1Br. The summed E-state index contributed by atoms with van der Waals surface area (Å²) in [5.41, 5.74) is 1.63. The summed E-state index contributed by atoms with van der Waals surface area (Å²) in [5.74, 6) is -0.208. The number of hydrogen-bond donors (Lipinski definition) is 1. The largest absolute Gasteiger partial charge is 0.324 e. The highest BCUT2D eigenvalue weighted by Gasteiger charge is 2.19. The number of aromatic nitrogens is 1. The van der Waals surface area contributed by atoms with E-state index in [4.69, 9.17) is 0 Å². The first kappa shape index (κ1) is 16.0. The second kappa shape index (κ2) is 6.29. The molecule has 1 heterocycles. The molecule has 1 aromatic heterocycles. The number of anilines is 1. The van der Waals surface area contributed by atoms with E-state index in [0.29, 0.717) is 5.39 Å².